The number of carbonyl (C=O) groups is 1. The van der Waals surface area contributed by atoms with Crippen LogP contribution in [0.15, 0.2) is 30.5 Å². The molecule has 0 spiro atoms. The number of nitrogens with zero attached hydrogens (tertiary/aromatic N) is 3. The Kier molecular flexibility index (Phi) is 6.49. The van der Waals surface area contributed by atoms with Crippen LogP contribution in [0.5, 0.6) is 0 Å². The average Bonchev–Trinajstić information content (AvgIpc) is 3.17. The monoisotopic (exact) mass is 382 g/mol. The standard InChI is InChI=1S/C18H23ClN4O.ClH/c1-3-17-16(18(24)22-11-13(9-20)7-12(22)2)10-21-23(17)15-6-4-5-14(19)8-15;/h4-6,8,10,12-13H,3,7,9,11,20H2,1-2H3;1H. The number of hydrogen-bond donors (Lipinski definition) is 1. The van der Waals surface area contributed by atoms with E-state index in [-0.39, 0.29) is 24.4 Å². The molecule has 1 fully saturated rings. The van der Waals surface area contributed by atoms with E-state index in [0.29, 0.717) is 23.0 Å². The van der Waals surface area contributed by atoms with Gasteiger partial charge in [-0.2, -0.15) is 5.10 Å². The minimum absolute atomic E-state index is 0. The van der Waals surface area contributed by atoms with E-state index in [1.165, 1.54) is 0 Å². The molecule has 1 aliphatic heterocycles. The topological polar surface area (TPSA) is 64.2 Å². The second kappa shape index (κ2) is 8.21. The van der Waals surface area contributed by atoms with Gasteiger partial charge < -0.3 is 10.6 Å². The van der Waals surface area contributed by atoms with Gasteiger partial charge in [0.15, 0.2) is 0 Å². The Morgan fingerprint density at radius 1 is 1.44 bits per heavy atom. The van der Waals surface area contributed by atoms with Gasteiger partial charge in [-0.25, -0.2) is 4.68 Å². The van der Waals surface area contributed by atoms with Crippen LogP contribution < -0.4 is 5.73 Å². The molecule has 2 aromatic rings. The van der Waals surface area contributed by atoms with E-state index in [1.54, 1.807) is 10.9 Å². The molecule has 1 saturated heterocycles. The molecule has 136 valence electrons. The highest BCUT2D eigenvalue weighted by atomic mass is 35.5. The van der Waals surface area contributed by atoms with Crippen LogP contribution >= 0.6 is 24.0 Å². The summed E-state index contributed by atoms with van der Waals surface area (Å²) in [6.45, 7) is 5.46. The lowest BCUT2D eigenvalue weighted by atomic mass is 10.1. The molecule has 0 radical (unpaired) electrons. The van der Waals surface area contributed by atoms with E-state index in [0.717, 1.165) is 30.8 Å². The number of aromatic nitrogens is 2. The number of rotatable bonds is 4. The van der Waals surface area contributed by atoms with Gasteiger partial charge in [-0.15, -0.1) is 12.4 Å². The van der Waals surface area contributed by atoms with Gasteiger partial charge in [0.1, 0.15) is 0 Å². The number of halogens is 2. The molecule has 0 aliphatic carbocycles. The third-order valence-electron chi connectivity index (χ3n) is 4.74. The normalized spacial score (nSPS) is 19.8. The van der Waals surface area contributed by atoms with Crippen LogP contribution in [0.25, 0.3) is 5.69 Å². The van der Waals surface area contributed by atoms with E-state index < -0.39 is 0 Å². The summed E-state index contributed by atoms with van der Waals surface area (Å²) in [5.74, 6) is 0.431. The molecular formula is C18H24Cl2N4O. The fourth-order valence-electron chi connectivity index (χ4n) is 3.47. The molecule has 3 rings (SSSR count). The van der Waals surface area contributed by atoms with Gasteiger partial charge in [0.2, 0.25) is 0 Å². The molecule has 7 heteroatoms. The first-order valence-corrected chi connectivity index (χ1v) is 8.76. The summed E-state index contributed by atoms with van der Waals surface area (Å²) < 4.78 is 1.81. The Labute approximate surface area is 159 Å². The Hall–Kier alpha value is -1.56. The van der Waals surface area contributed by atoms with Gasteiger partial charge in [-0.05, 0) is 50.4 Å². The van der Waals surface area contributed by atoms with Crippen molar-refractivity contribution in [2.24, 2.45) is 11.7 Å². The summed E-state index contributed by atoms with van der Waals surface area (Å²) in [6, 6.07) is 7.71. The first kappa shape index (κ1) is 19.8. The van der Waals surface area contributed by atoms with Crippen molar-refractivity contribution in [1.29, 1.82) is 0 Å². The van der Waals surface area contributed by atoms with Gasteiger partial charge in [0.25, 0.3) is 5.91 Å². The molecule has 2 N–H and O–H groups in total. The van der Waals surface area contributed by atoms with Crippen LogP contribution in [0.2, 0.25) is 5.02 Å². The van der Waals surface area contributed by atoms with Crippen LogP contribution in [-0.2, 0) is 6.42 Å². The molecular weight excluding hydrogens is 359 g/mol. The highest BCUT2D eigenvalue weighted by Crippen LogP contribution is 2.26. The highest BCUT2D eigenvalue weighted by Gasteiger charge is 2.33. The zero-order valence-electron chi connectivity index (χ0n) is 14.5. The van der Waals surface area contributed by atoms with Gasteiger partial charge >= 0.3 is 0 Å². The molecule has 1 aromatic heterocycles. The van der Waals surface area contributed by atoms with Crippen molar-refractivity contribution in [3.05, 3.63) is 46.7 Å². The lowest BCUT2D eigenvalue weighted by Gasteiger charge is -2.21. The Morgan fingerprint density at radius 3 is 2.80 bits per heavy atom. The molecule has 2 heterocycles. The maximum absolute atomic E-state index is 13.0. The Balaban J connectivity index is 0.00000225. The number of hydrogen-bond acceptors (Lipinski definition) is 3. The van der Waals surface area contributed by atoms with Crippen molar-refractivity contribution < 1.29 is 4.79 Å². The van der Waals surface area contributed by atoms with Crippen LogP contribution in [-0.4, -0.2) is 39.7 Å². The fraction of sp³-hybridized carbons (Fsp3) is 0.444. The van der Waals surface area contributed by atoms with Crippen LogP contribution in [0.4, 0.5) is 0 Å². The second-order valence-corrected chi connectivity index (χ2v) is 6.83. The lowest BCUT2D eigenvalue weighted by Crippen LogP contribution is -2.34. The van der Waals surface area contributed by atoms with Crippen molar-refractivity contribution in [3.8, 4) is 5.69 Å². The molecule has 2 unspecified atom stereocenters. The quantitative estimate of drug-likeness (QED) is 0.881. The maximum Gasteiger partial charge on any atom is 0.257 e. The second-order valence-electron chi connectivity index (χ2n) is 6.39. The summed E-state index contributed by atoms with van der Waals surface area (Å²) in [6.07, 6.45) is 3.35. The fourth-order valence-corrected chi connectivity index (χ4v) is 3.66. The Morgan fingerprint density at radius 2 is 2.20 bits per heavy atom. The number of likely N-dealkylation sites (tertiary alicyclic amines) is 1. The van der Waals surface area contributed by atoms with Crippen molar-refractivity contribution in [3.63, 3.8) is 0 Å². The first-order chi connectivity index (χ1) is 11.5. The third-order valence-corrected chi connectivity index (χ3v) is 4.98. The number of carbonyl (C=O) groups excluding carboxylic acids is 1. The smallest absolute Gasteiger partial charge is 0.257 e. The Bertz CT molecular complexity index is 746. The molecule has 1 aliphatic rings. The third kappa shape index (κ3) is 3.84. The lowest BCUT2D eigenvalue weighted by molar-refractivity contribution is 0.0742. The largest absolute Gasteiger partial charge is 0.335 e. The van der Waals surface area contributed by atoms with Gasteiger partial charge in [-0.1, -0.05) is 24.6 Å². The van der Waals surface area contributed by atoms with Crippen molar-refractivity contribution in [1.82, 2.24) is 14.7 Å². The van der Waals surface area contributed by atoms with Crippen molar-refractivity contribution in [2.45, 2.75) is 32.7 Å². The molecule has 1 amide bonds. The van der Waals surface area contributed by atoms with Crippen molar-refractivity contribution in [2.75, 3.05) is 13.1 Å². The minimum atomic E-state index is 0. The molecule has 0 bridgehead atoms. The summed E-state index contributed by atoms with van der Waals surface area (Å²) in [5, 5.41) is 5.09. The zero-order chi connectivity index (χ0) is 17.3. The van der Waals surface area contributed by atoms with Gasteiger partial charge in [0, 0.05) is 17.6 Å². The van der Waals surface area contributed by atoms with Crippen LogP contribution in [0.1, 0.15) is 36.3 Å². The first-order valence-electron chi connectivity index (χ1n) is 8.39. The summed E-state index contributed by atoms with van der Waals surface area (Å²) in [7, 11) is 0. The van der Waals surface area contributed by atoms with E-state index in [2.05, 4.69) is 12.0 Å². The van der Waals surface area contributed by atoms with E-state index in [4.69, 9.17) is 17.3 Å². The molecule has 2 atom stereocenters. The van der Waals surface area contributed by atoms with E-state index in [9.17, 15) is 4.79 Å². The summed E-state index contributed by atoms with van der Waals surface area (Å²) in [5.41, 5.74) is 8.23. The summed E-state index contributed by atoms with van der Waals surface area (Å²) >= 11 is 6.09. The molecule has 1 aromatic carbocycles. The van der Waals surface area contributed by atoms with Crippen LogP contribution in [0.3, 0.4) is 0 Å². The predicted octanol–water partition coefficient (Wildman–Crippen LogP) is 3.32. The number of benzene rings is 1. The molecule has 5 nitrogen and oxygen atoms in total. The van der Waals surface area contributed by atoms with Gasteiger partial charge in [0.05, 0.1) is 23.1 Å². The van der Waals surface area contributed by atoms with Crippen molar-refractivity contribution >= 4 is 29.9 Å². The number of amides is 1. The SMILES string of the molecule is CCc1c(C(=O)N2CC(CN)CC2C)cnn1-c1cccc(Cl)c1.Cl. The highest BCUT2D eigenvalue weighted by molar-refractivity contribution is 6.30. The predicted molar refractivity (Wildman–Crippen MR) is 103 cm³/mol. The van der Waals surface area contributed by atoms with E-state index >= 15 is 0 Å². The number of nitrogens with two attached hydrogens (primary N) is 1. The molecule has 25 heavy (non-hydrogen) atoms. The zero-order valence-corrected chi connectivity index (χ0v) is 16.1. The summed E-state index contributed by atoms with van der Waals surface area (Å²) in [4.78, 5) is 14.9. The van der Waals surface area contributed by atoms with Gasteiger partial charge in [-0.3, -0.25) is 4.79 Å². The molecule has 0 saturated carbocycles. The minimum Gasteiger partial charge on any atom is -0.335 e. The van der Waals surface area contributed by atoms with E-state index in [1.807, 2.05) is 36.1 Å². The average molecular weight is 383 g/mol. The van der Waals surface area contributed by atoms with Crippen LogP contribution in [0, 0.1) is 5.92 Å². The maximum atomic E-state index is 13.0.